The molecule has 0 aliphatic carbocycles. The molecule has 0 saturated carbocycles. The van der Waals surface area contributed by atoms with Gasteiger partial charge in [-0.3, -0.25) is 4.79 Å². The SMILES string of the molecule is O=C(CCC1CCNCC1)Nc1ccc(CCC(F)(F)F)cc1. The van der Waals surface area contributed by atoms with Crippen LogP contribution in [0.2, 0.25) is 0 Å². The second-order valence-corrected chi connectivity index (χ2v) is 6.09. The van der Waals surface area contributed by atoms with Crippen molar-refractivity contribution in [2.75, 3.05) is 18.4 Å². The van der Waals surface area contributed by atoms with Gasteiger partial charge in [-0.2, -0.15) is 13.2 Å². The van der Waals surface area contributed by atoms with Gasteiger partial charge in [-0.05, 0) is 62.4 Å². The summed E-state index contributed by atoms with van der Waals surface area (Å²) in [4.78, 5) is 11.9. The van der Waals surface area contributed by atoms with Crippen LogP contribution in [0.4, 0.5) is 18.9 Å². The van der Waals surface area contributed by atoms with Crippen LogP contribution in [0.5, 0.6) is 0 Å². The molecule has 23 heavy (non-hydrogen) atoms. The first-order valence-corrected chi connectivity index (χ1v) is 8.08. The number of hydrogen-bond acceptors (Lipinski definition) is 2. The maximum absolute atomic E-state index is 12.2. The van der Waals surface area contributed by atoms with Gasteiger partial charge in [-0.25, -0.2) is 0 Å². The summed E-state index contributed by atoms with van der Waals surface area (Å²) in [6, 6.07) is 6.59. The van der Waals surface area contributed by atoms with Gasteiger partial charge in [0.2, 0.25) is 5.91 Å². The molecular weight excluding hydrogens is 305 g/mol. The zero-order chi connectivity index (χ0) is 16.7. The Hall–Kier alpha value is -1.56. The van der Waals surface area contributed by atoms with E-state index in [1.54, 1.807) is 24.3 Å². The fourth-order valence-electron chi connectivity index (χ4n) is 2.77. The summed E-state index contributed by atoms with van der Waals surface area (Å²) in [5, 5.41) is 6.10. The molecule has 2 N–H and O–H groups in total. The number of piperidine rings is 1. The van der Waals surface area contributed by atoms with Crippen LogP contribution in [0.3, 0.4) is 0 Å². The monoisotopic (exact) mass is 328 g/mol. The molecule has 6 heteroatoms. The molecule has 0 radical (unpaired) electrons. The van der Waals surface area contributed by atoms with Crippen LogP contribution in [0, 0.1) is 5.92 Å². The smallest absolute Gasteiger partial charge is 0.326 e. The summed E-state index contributed by atoms with van der Waals surface area (Å²) in [6.07, 6.45) is -1.40. The zero-order valence-corrected chi connectivity index (χ0v) is 13.1. The Morgan fingerprint density at radius 3 is 2.43 bits per heavy atom. The van der Waals surface area contributed by atoms with E-state index in [0.717, 1.165) is 32.4 Å². The lowest BCUT2D eigenvalue weighted by Gasteiger charge is -2.22. The van der Waals surface area contributed by atoms with Crippen molar-refractivity contribution in [1.29, 1.82) is 0 Å². The third kappa shape index (κ3) is 7.03. The summed E-state index contributed by atoms with van der Waals surface area (Å²) in [6.45, 7) is 2.04. The summed E-state index contributed by atoms with van der Waals surface area (Å²) >= 11 is 0. The van der Waals surface area contributed by atoms with Gasteiger partial charge in [0.25, 0.3) is 0 Å². The highest BCUT2D eigenvalue weighted by Crippen LogP contribution is 2.23. The van der Waals surface area contributed by atoms with E-state index in [-0.39, 0.29) is 12.3 Å². The molecule has 0 spiro atoms. The van der Waals surface area contributed by atoms with Crippen LogP contribution in [0.1, 0.15) is 37.7 Å². The number of benzene rings is 1. The number of anilines is 1. The second kappa shape index (κ2) is 8.34. The van der Waals surface area contributed by atoms with Crippen LogP contribution >= 0.6 is 0 Å². The van der Waals surface area contributed by atoms with Crippen molar-refractivity contribution in [3.8, 4) is 0 Å². The molecule has 0 bridgehead atoms. The van der Waals surface area contributed by atoms with Gasteiger partial charge < -0.3 is 10.6 Å². The van der Waals surface area contributed by atoms with Crippen molar-refractivity contribution >= 4 is 11.6 Å². The van der Waals surface area contributed by atoms with Crippen molar-refractivity contribution in [3.05, 3.63) is 29.8 Å². The van der Waals surface area contributed by atoms with Gasteiger partial charge in [0, 0.05) is 18.5 Å². The van der Waals surface area contributed by atoms with Crippen LogP contribution in [-0.2, 0) is 11.2 Å². The maximum atomic E-state index is 12.2. The minimum Gasteiger partial charge on any atom is -0.326 e. The largest absolute Gasteiger partial charge is 0.389 e. The van der Waals surface area contributed by atoms with E-state index in [2.05, 4.69) is 10.6 Å². The Morgan fingerprint density at radius 2 is 1.83 bits per heavy atom. The lowest BCUT2D eigenvalue weighted by atomic mass is 9.93. The molecule has 1 aromatic rings. The standard InChI is InChI=1S/C17H23F3N2O/c18-17(19,20)10-7-13-1-4-15(5-2-13)22-16(23)6-3-14-8-11-21-12-9-14/h1-2,4-5,14,21H,3,6-12H2,(H,22,23). The van der Waals surface area contributed by atoms with E-state index in [1.807, 2.05) is 0 Å². The quantitative estimate of drug-likeness (QED) is 0.831. The molecule has 1 aliphatic heterocycles. The molecule has 3 nitrogen and oxygen atoms in total. The highest BCUT2D eigenvalue weighted by Gasteiger charge is 2.26. The number of amides is 1. The second-order valence-electron chi connectivity index (χ2n) is 6.09. The topological polar surface area (TPSA) is 41.1 Å². The molecule has 1 fully saturated rings. The van der Waals surface area contributed by atoms with Crippen LogP contribution < -0.4 is 10.6 Å². The molecule has 1 aliphatic rings. The minimum atomic E-state index is -4.14. The third-order valence-corrected chi connectivity index (χ3v) is 4.17. The summed E-state index contributed by atoms with van der Waals surface area (Å²) < 4.78 is 36.5. The predicted molar refractivity (Wildman–Crippen MR) is 84.3 cm³/mol. The van der Waals surface area contributed by atoms with Gasteiger partial charge in [0.05, 0.1) is 0 Å². The Labute approximate surface area is 134 Å². The lowest BCUT2D eigenvalue weighted by molar-refractivity contribution is -0.134. The first kappa shape index (κ1) is 17.8. The third-order valence-electron chi connectivity index (χ3n) is 4.17. The number of nitrogens with one attached hydrogen (secondary N) is 2. The molecule has 1 heterocycles. The Bertz CT molecular complexity index is 494. The molecule has 1 saturated heterocycles. The molecule has 0 aromatic heterocycles. The number of carbonyl (C=O) groups excluding carboxylic acids is 1. The summed E-state index contributed by atoms with van der Waals surface area (Å²) in [7, 11) is 0. The fourth-order valence-corrected chi connectivity index (χ4v) is 2.77. The molecule has 128 valence electrons. The van der Waals surface area contributed by atoms with Gasteiger partial charge in [0.1, 0.15) is 0 Å². The Morgan fingerprint density at radius 1 is 1.17 bits per heavy atom. The van der Waals surface area contributed by atoms with E-state index in [0.29, 0.717) is 23.6 Å². The van der Waals surface area contributed by atoms with Crippen molar-refractivity contribution in [3.63, 3.8) is 0 Å². The highest BCUT2D eigenvalue weighted by molar-refractivity contribution is 5.90. The van der Waals surface area contributed by atoms with Gasteiger partial charge >= 0.3 is 6.18 Å². The highest BCUT2D eigenvalue weighted by atomic mass is 19.4. The normalized spacial score (nSPS) is 16.3. The number of halogens is 3. The van der Waals surface area contributed by atoms with E-state index in [9.17, 15) is 18.0 Å². The Balaban J connectivity index is 1.73. The number of hydrogen-bond donors (Lipinski definition) is 2. The number of rotatable bonds is 6. The summed E-state index contributed by atoms with van der Waals surface area (Å²) in [5.41, 5.74) is 1.26. The van der Waals surface area contributed by atoms with Gasteiger partial charge in [-0.1, -0.05) is 12.1 Å². The average Bonchev–Trinajstić information content (AvgIpc) is 2.53. The van der Waals surface area contributed by atoms with Crippen molar-refractivity contribution in [2.45, 2.75) is 44.7 Å². The zero-order valence-electron chi connectivity index (χ0n) is 13.1. The molecule has 1 amide bonds. The molecular formula is C17H23F3N2O. The number of alkyl halides is 3. The molecule has 0 unspecified atom stereocenters. The first-order valence-electron chi connectivity index (χ1n) is 8.08. The number of carbonyl (C=O) groups is 1. The van der Waals surface area contributed by atoms with E-state index < -0.39 is 12.6 Å². The lowest BCUT2D eigenvalue weighted by Crippen LogP contribution is -2.28. The van der Waals surface area contributed by atoms with Crippen molar-refractivity contribution in [2.24, 2.45) is 5.92 Å². The summed E-state index contributed by atoms with van der Waals surface area (Å²) in [5.74, 6) is 0.568. The predicted octanol–water partition coefficient (Wildman–Crippen LogP) is 3.90. The minimum absolute atomic E-state index is 0.0343. The van der Waals surface area contributed by atoms with Gasteiger partial charge in [0.15, 0.2) is 0 Å². The Kier molecular flexibility index (Phi) is 6.45. The average molecular weight is 328 g/mol. The molecule has 1 aromatic carbocycles. The van der Waals surface area contributed by atoms with Gasteiger partial charge in [-0.15, -0.1) is 0 Å². The van der Waals surface area contributed by atoms with E-state index in [1.165, 1.54) is 0 Å². The molecule has 0 atom stereocenters. The van der Waals surface area contributed by atoms with Crippen molar-refractivity contribution in [1.82, 2.24) is 5.32 Å². The first-order chi connectivity index (χ1) is 10.9. The number of aryl methyl sites for hydroxylation is 1. The van der Waals surface area contributed by atoms with Crippen LogP contribution in [0.15, 0.2) is 24.3 Å². The molecule has 2 rings (SSSR count). The van der Waals surface area contributed by atoms with E-state index in [4.69, 9.17) is 0 Å². The van der Waals surface area contributed by atoms with Crippen LogP contribution in [-0.4, -0.2) is 25.2 Å². The van der Waals surface area contributed by atoms with Crippen molar-refractivity contribution < 1.29 is 18.0 Å². The van der Waals surface area contributed by atoms with Crippen LogP contribution in [0.25, 0.3) is 0 Å². The van der Waals surface area contributed by atoms with E-state index >= 15 is 0 Å². The maximum Gasteiger partial charge on any atom is 0.389 e. The fraction of sp³-hybridized carbons (Fsp3) is 0.588.